The van der Waals surface area contributed by atoms with Gasteiger partial charge in [0.2, 0.25) is 0 Å². The van der Waals surface area contributed by atoms with E-state index in [-0.39, 0.29) is 5.56 Å². The molecule has 0 aliphatic heterocycles. The first kappa shape index (κ1) is 15.2. The Morgan fingerprint density at radius 1 is 1.29 bits per heavy atom. The number of pyridine rings is 1. The second-order valence-electron chi connectivity index (χ2n) is 5.24. The third-order valence-electron chi connectivity index (χ3n) is 3.17. The van der Waals surface area contributed by atoms with Gasteiger partial charge in [-0.15, -0.1) is 0 Å². The molecule has 0 bridgehead atoms. The molecule has 0 saturated heterocycles. The van der Waals surface area contributed by atoms with E-state index in [2.05, 4.69) is 29.0 Å². The van der Waals surface area contributed by atoms with E-state index in [4.69, 9.17) is 5.11 Å². The molecule has 0 aromatic carbocycles. The van der Waals surface area contributed by atoms with Crippen molar-refractivity contribution in [1.82, 2.24) is 19.4 Å². The Kier molecular flexibility index (Phi) is 5.05. The molecule has 0 atom stereocenters. The topological polar surface area (TPSA) is 71.2 Å². The molecule has 0 aliphatic carbocycles. The maximum absolute atomic E-state index is 11.0. The van der Waals surface area contributed by atoms with Crippen molar-refractivity contribution in [3.8, 4) is 11.4 Å². The molecule has 6 heteroatoms. The molecule has 0 radical (unpaired) electrons. The Bertz CT molecular complexity index is 607. The summed E-state index contributed by atoms with van der Waals surface area (Å²) in [4.78, 5) is 21.6. The molecule has 112 valence electrons. The van der Waals surface area contributed by atoms with E-state index in [0.29, 0.717) is 11.4 Å². The number of imidazole rings is 1. The van der Waals surface area contributed by atoms with Crippen molar-refractivity contribution < 1.29 is 9.90 Å². The van der Waals surface area contributed by atoms with Crippen molar-refractivity contribution in [3.63, 3.8) is 0 Å². The Hall–Kier alpha value is -2.21. The monoisotopic (exact) mass is 288 g/mol. The average molecular weight is 288 g/mol. The predicted molar refractivity (Wildman–Crippen MR) is 80.2 cm³/mol. The first-order valence-electron chi connectivity index (χ1n) is 6.92. The lowest BCUT2D eigenvalue weighted by Gasteiger charge is -2.08. The lowest BCUT2D eigenvalue weighted by atomic mass is 10.2. The van der Waals surface area contributed by atoms with Gasteiger partial charge in [0.25, 0.3) is 0 Å². The van der Waals surface area contributed by atoms with Crippen molar-refractivity contribution >= 4 is 5.97 Å². The smallest absolute Gasteiger partial charge is 0.335 e. The molecule has 6 nitrogen and oxygen atoms in total. The number of aryl methyl sites for hydroxylation is 1. The number of aromatic nitrogens is 3. The average Bonchev–Trinajstić information content (AvgIpc) is 2.92. The Morgan fingerprint density at radius 2 is 2.10 bits per heavy atom. The van der Waals surface area contributed by atoms with Gasteiger partial charge in [0.05, 0.1) is 17.6 Å². The standard InChI is InChI=1S/C15H20N4O2/c1-18(2)7-3-4-8-19-10-14(17-11-19)13-9-12(15(20)21)5-6-16-13/h5-6,9-11H,3-4,7-8H2,1-2H3,(H,20,21). The fourth-order valence-corrected chi connectivity index (χ4v) is 2.04. The highest BCUT2D eigenvalue weighted by atomic mass is 16.4. The Morgan fingerprint density at radius 3 is 2.81 bits per heavy atom. The van der Waals surface area contributed by atoms with Crippen molar-refractivity contribution in [1.29, 1.82) is 0 Å². The van der Waals surface area contributed by atoms with Crippen LogP contribution < -0.4 is 0 Å². The zero-order chi connectivity index (χ0) is 15.2. The van der Waals surface area contributed by atoms with Crippen molar-refractivity contribution in [2.75, 3.05) is 20.6 Å². The normalized spacial score (nSPS) is 11.0. The lowest BCUT2D eigenvalue weighted by Crippen LogP contribution is -2.13. The number of hydrogen-bond acceptors (Lipinski definition) is 4. The number of carboxylic acid groups (broad SMARTS) is 1. The zero-order valence-corrected chi connectivity index (χ0v) is 12.4. The van der Waals surface area contributed by atoms with Crippen LogP contribution in [0.3, 0.4) is 0 Å². The van der Waals surface area contributed by atoms with Crippen LogP contribution in [0.25, 0.3) is 11.4 Å². The van der Waals surface area contributed by atoms with Gasteiger partial charge in [-0.05, 0) is 45.6 Å². The summed E-state index contributed by atoms with van der Waals surface area (Å²) in [5, 5.41) is 8.99. The molecule has 21 heavy (non-hydrogen) atoms. The Labute approximate surface area is 124 Å². The molecule has 0 spiro atoms. The van der Waals surface area contributed by atoms with Gasteiger partial charge >= 0.3 is 5.97 Å². The van der Waals surface area contributed by atoms with E-state index in [1.165, 1.54) is 12.3 Å². The predicted octanol–water partition coefficient (Wildman–Crippen LogP) is 1.99. The maximum Gasteiger partial charge on any atom is 0.335 e. The maximum atomic E-state index is 11.0. The van der Waals surface area contributed by atoms with Crippen molar-refractivity contribution in [2.24, 2.45) is 0 Å². The minimum atomic E-state index is -0.957. The van der Waals surface area contributed by atoms with Crippen LogP contribution in [0.1, 0.15) is 23.2 Å². The molecule has 2 heterocycles. The second kappa shape index (κ2) is 6.99. The van der Waals surface area contributed by atoms with Crippen LogP contribution in [-0.4, -0.2) is 51.2 Å². The van der Waals surface area contributed by atoms with E-state index in [0.717, 1.165) is 25.9 Å². The van der Waals surface area contributed by atoms with Gasteiger partial charge in [-0.1, -0.05) is 0 Å². The van der Waals surface area contributed by atoms with Crippen LogP contribution in [0.15, 0.2) is 30.9 Å². The van der Waals surface area contributed by atoms with E-state index in [1.54, 1.807) is 12.4 Å². The summed E-state index contributed by atoms with van der Waals surface area (Å²) >= 11 is 0. The van der Waals surface area contributed by atoms with Crippen LogP contribution in [0, 0.1) is 0 Å². The van der Waals surface area contributed by atoms with E-state index < -0.39 is 5.97 Å². The van der Waals surface area contributed by atoms with Gasteiger partial charge in [0.15, 0.2) is 0 Å². The number of aromatic carboxylic acids is 1. The number of hydrogen-bond donors (Lipinski definition) is 1. The first-order valence-corrected chi connectivity index (χ1v) is 6.92. The van der Waals surface area contributed by atoms with Crippen LogP contribution in [0.2, 0.25) is 0 Å². The number of rotatable bonds is 7. The van der Waals surface area contributed by atoms with Gasteiger partial charge in [-0.25, -0.2) is 9.78 Å². The minimum Gasteiger partial charge on any atom is -0.478 e. The highest BCUT2D eigenvalue weighted by Crippen LogP contribution is 2.16. The molecule has 2 aromatic heterocycles. The summed E-state index contributed by atoms with van der Waals surface area (Å²) in [7, 11) is 4.13. The molecular weight excluding hydrogens is 268 g/mol. The summed E-state index contributed by atoms with van der Waals surface area (Å²) in [5.74, 6) is -0.957. The summed E-state index contributed by atoms with van der Waals surface area (Å²) in [6, 6.07) is 3.02. The first-order chi connectivity index (χ1) is 10.1. The van der Waals surface area contributed by atoms with Crippen molar-refractivity contribution in [2.45, 2.75) is 19.4 Å². The zero-order valence-electron chi connectivity index (χ0n) is 12.4. The van der Waals surface area contributed by atoms with E-state index in [1.807, 2.05) is 10.8 Å². The SMILES string of the molecule is CN(C)CCCCn1cnc(-c2cc(C(=O)O)ccn2)c1. The minimum absolute atomic E-state index is 0.223. The summed E-state index contributed by atoms with van der Waals surface area (Å²) in [6.07, 6.45) is 7.38. The summed E-state index contributed by atoms with van der Waals surface area (Å²) < 4.78 is 2.01. The molecule has 0 fully saturated rings. The van der Waals surface area contributed by atoms with E-state index in [9.17, 15) is 4.79 Å². The van der Waals surface area contributed by atoms with Crippen LogP contribution >= 0.6 is 0 Å². The number of unbranched alkanes of at least 4 members (excludes halogenated alkanes) is 1. The van der Waals surface area contributed by atoms with Gasteiger partial charge in [-0.2, -0.15) is 0 Å². The second-order valence-corrected chi connectivity index (χ2v) is 5.24. The van der Waals surface area contributed by atoms with Crippen molar-refractivity contribution in [3.05, 3.63) is 36.4 Å². The quantitative estimate of drug-likeness (QED) is 0.789. The fourth-order valence-electron chi connectivity index (χ4n) is 2.04. The van der Waals surface area contributed by atoms with Crippen LogP contribution in [0.4, 0.5) is 0 Å². The Balaban J connectivity index is 1.99. The number of nitrogens with zero attached hydrogens (tertiary/aromatic N) is 4. The van der Waals surface area contributed by atoms with Gasteiger partial charge in [0, 0.05) is 18.9 Å². The third-order valence-corrected chi connectivity index (χ3v) is 3.17. The summed E-state index contributed by atoms with van der Waals surface area (Å²) in [5.41, 5.74) is 1.51. The van der Waals surface area contributed by atoms with E-state index >= 15 is 0 Å². The highest BCUT2D eigenvalue weighted by molar-refractivity contribution is 5.88. The molecule has 0 unspecified atom stereocenters. The number of carbonyl (C=O) groups is 1. The highest BCUT2D eigenvalue weighted by Gasteiger charge is 2.08. The largest absolute Gasteiger partial charge is 0.478 e. The molecular formula is C15H20N4O2. The van der Waals surface area contributed by atoms with Gasteiger partial charge in [0.1, 0.15) is 5.69 Å². The molecule has 2 aromatic rings. The van der Waals surface area contributed by atoms with Crippen LogP contribution in [-0.2, 0) is 6.54 Å². The van der Waals surface area contributed by atoms with Gasteiger partial charge in [-0.3, -0.25) is 4.98 Å². The molecule has 0 amide bonds. The third kappa shape index (κ3) is 4.39. The van der Waals surface area contributed by atoms with Gasteiger partial charge < -0.3 is 14.6 Å². The molecule has 0 saturated carbocycles. The fraction of sp³-hybridized carbons (Fsp3) is 0.400. The number of carboxylic acids is 1. The summed E-state index contributed by atoms with van der Waals surface area (Å²) in [6.45, 7) is 1.98. The molecule has 2 rings (SSSR count). The molecule has 1 N–H and O–H groups in total. The lowest BCUT2D eigenvalue weighted by molar-refractivity contribution is 0.0697. The van der Waals surface area contributed by atoms with Crippen LogP contribution in [0.5, 0.6) is 0 Å². The molecule has 0 aliphatic rings.